The minimum atomic E-state index is -0.269. The monoisotopic (exact) mass is 237 g/mol. The minimum Gasteiger partial charge on any atom is -0.392 e. The van der Waals surface area contributed by atoms with Gasteiger partial charge in [0.1, 0.15) is 5.69 Å². The summed E-state index contributed by atoms with van der Waals surface area (Å²) in [5.74, 6) is -0.0812. The molecule has 0 aromatic carbocycles. The van der Waals surface area contributed by atoms with E-state index in [1.165, 1.54) is 0 Å². The standard InChI is InChI=1S/C12H19N3O2/c1-8-3-4-13-11(8)12(17)14-6-9-5-10(16)7-15(9)2/h3-4,9-10,13,16H,5-7H2,1-2H3,(H,14,17)/t9-,10+/m0/s1. The third-order valence-electron chi connectivity index (χ3n) is 3.35. The van der Waals surface area contributed by atoms with Crippen LogP contribution < -0.4 is 5.32 Å². The highest BCUT2D eigenvalue weighted by Crippen LogP contribution is 2.14. The number of hydrogen-bond donors (Lipinski definition) is 3. The van der Waals surface area contributed by atoms with Gasteiger partial charge in [-0.1, -0.05) is 0 Å². The zero-order valence-corrected chi connectivity index (χ0v) is 10.2. The molecule has 1 amide bonds. The number of hydrogen-bond acceptors (Lipinski definition) is 3. The molecule has 2 atom stereocenters. The normalized spacial score (nSPS) is 25.1. The average Bonchev–Trinajstić information content (AvgIpc) is 2.81. The van der Waals surface area contributed by atoms with Crippen molar-refractivity contribution in [3.8, 4) is 0 Å². The van der Waals surface area contributed by atoms with Crippen LogP contribution in [0.1, 0.15) is 22.5 Å². The van der Waals surface area contributed by atoms with Crippen molar-refractivity contribution < 1.29 is 9.90 Å². The molecule has 1 aromatic heterocycles. The molecule has 0 spiro atoms. The van der Waals surface area contributed by atoms with Gasteiger partial charge in [-0.3, -0.25) is 9.69 Å². The van der Waals surface area contributed by atoms with Crippen molar-refractivity contribution in [1.82, 2.24) is 15.2 Å². The van der Waals surface area contributed by atoms with Crippen molar-refractivity contribution in [1.29, 1.82) is 0 Å². The van der Waals surface area contributed by atoms with E-state index in [1.54, 1.807) is 6.20 Å². The van der Waals surface area contributed by atoms with E-state index >= 15 is 0 Å². The zero-order chi connectivity index (χ0) is 12.4. The van der Waals surface area contributed by atoms with Crippen LogP contribution in [0.3, 0.4) is 0 Å². The Bertz CT molecular complexity index is 402. The predicted octanol–water partition coefficient (Wildman–Crippen LogP) is 0.118. The molecule has 94 valence electrons. The average molecular weight is 237 g/mol. The van der Waals surface area contributed by atoms with Gasteiger partial charge in [-0.15, -0.1) is 0 Å². The lowest BCUT2D eigenvalue weighted by Gasteiger charge is -2.19. The molecule has 17 heavy (non-hydrogen) atoms. The van der Waals surface area contributed by atoms with Crippen LogP contribution in [0.25, 0.3) is 0 Å². The number of amides is 1. The summed E-state index contributed by atoms with van der Waals surface area (Å²) >= 11 is 0. The molecule has 0 bridgehead atoms. The number of carbonyl (C=O) groups is 1. The van der Waals surface area contributed by atoms with Crippen LogP contribution in [0.2, 0.25) is 0 Å². The van der Waals surface area contributed by atoms with E-state index < -0.39 is 0 Å². The predicted molar refractivity (Wildman–Crippen MR) is 64.9 cm³/mol. The number of rotatable bonds is 3. The Morgan fingerprint density at radius 1 is 1.71 bits per heavy atom. The molecule has 0 saturated carbocycles. The SMILES string of the molecule is Cc1cc[nH]c1C(=O)NC[C@@H]1C[C@@H](O)CN1C. The fourth-order valence-corrected chi connectivity index (χ4v) is 2.28. The number of likely N-dealkylation sites (N-methyl/N-ethyl adjacent to an activating group) is 1. The Morgan fingerprint density at radius 3 is 3.00 bits per heavy atom. The second-order valence-corrected chi connectivity index (χ2v) is 4.73. The number of β-amino-alcohol motifs (C(OH)–C–C–N with tert-alkyl or cyclic N) is 1. The van der Waals surface area contributed by atoms with Gasteiger partial charge in [0.25, 0.3) is 5.91 Å². The molecular weight excluding hydrogens is 218 g/mol. The van der Waals surface area contributed by atoms with Crippen molar-refractivity contribution in [2.24, 2.45) is 0 Å². The lowest BCUT2D eigenvalue weighted by Crippen LogP contribution is -2.38. The number of carbonyl (C=O) groups excluding carboxylic acids is 1. The Hall–Kier alpha value is -1.33. The third kappa shape index (κ3) is 2.68. The number of aromatic amines is 1. The number of H-pyrrole nitrogens is 1. The molecule has 3 N–H and O–H groups in total. The molecule has 2 heterocycles. The summed E-state index contributed by atoms with van der Waals surface area (Å²) in [6.07, 6.45) is 2.21. The topological polar surface area (TPSA) is 68.4 Å². The second kappa shape index (κ2) is 4.89. The van der Waals surface area contributed by atoms with Crippen LogP contribution in [0.5, 0.6) is 0 Å². The van der Waals surface area contributed by atoms with Crippen molar-refractivity contribution in [3.05, 3.63) is 23.5 Å². The summed E-state index contributed by atoms with van der Waals surface area (Å²) in [5.41, 5.74) is 1.56. The number of aromatic nitrogens is 1. The molecule has 1 fully saturated rings. The Kier molecular flexibility index (Phi) is 3.49. The molecule has 0 aliphatic carbocycles. The van der Waals surface area contributed by atoms with Gasteiger partial charge in [0.2, 0.25) is 0 Å². The van der Waals surface area contributed by atoms with E-state index in [0.29, 0.717) is 18.8 Å². The van der Waals surface area contributed by atoms with Crippen molar-refractivity contribution in [2.45, 2.75) is 25.5 Å². The number of aliphatic hydroxyl groups excluding tert-OH is 1. The van der Waals surface area contributed by atoms with Crippen LogP contribution >= 0.6 is 0 Å². The number of aryl methyl sites for hydroxylation is 1. The smallest absolute Gasteiger partial charge is 0.268 e. The third-order valence-corrected chi connectivity index (χ3v) is 3.35. The fraction of sp³-hybridized carbons (Fsp3) is 0.583. The lowest BCUT2D eigenvalue weighted by molar-refractivity contribution is 0.0938. The quantitative estimate of drug-likeness (QED) is 0.699. The molecule has 1 aliphatic rings. The molecule has 5 heteroatoms. The van der Waals surface area contributed by atoms with Crippen LogP contribution in [-0.4, -0.2) is 53.2 Å². The maximum absolute atomic E-state index is 11.8. The maximum Gasteiger partial charge on any atom is 0.268 e. The summed E-state index contributed by atoms with van der Waals surface area (Å²) < 4.78 is 0. The van der Waals surface area contributed by atoms with E-state index in [0.717, 1.165) is 12.0 Å². The Labute approximate surface area is 101 Å². The van der Waals surface area contributed by atoms with Gasteiger partial charge in [-0.25, -0.2) is 0 Å². The molecule has 1 aromatic rings. The van der Waals surface area contributed by atoms with E-state index in [-0.39, 0.29) is 18.1 Å². The highest BCUT2D eigenvalue weighted by atomic mass is 16.3. The number of likely N-dealkylation sites (tertiary alicyclic amines) is 1. The number of nitrogens with zero attached hydrogens (tertiary/aromatic N) is 1. The fourth-order valence-electron chi connectivity index (χ4n) is 2.28. The van der Waals surface area contributed by atoms with Crippen molar-refractivity contribution in [3.63, 3.8) is 0 Å². The summed E-state index contributed by atoms with van der Waals surface area (Å²) in [5, 5.41) is 12.4. The van der Waals surface area contributed by atoms with Crippen molar-refractivity contribution >= 4 is 5.91 Å². The van der Waals surface area contributed by atoms with Crippen molar-refractivity contribution in [2.75, 3.05) is 20.1 Å². The van der Waals surface area contributed by atoms with Gasteiger partial charge in [0, 0.05) is 25.3 Å². The Balaban J connectivity index is 1.87. The first-order valence-electron chi connectivity index (χ1n) is 5.88. The molecule has 1 saturated heterocycles. The first-order chi connectivity index (χ1) is 8.08. The second-order valence-electron chi connectivity index (χ2n) is 4.73. The summed E-state index contributed by atoms with van der Waals surface area (Å²) in [4.78, 5) is 16.8. The van der Waals surface area contributed by atoms with Gasteiger partial charge < -0.3 is 15.4 Å². The first-order valence-corrected chi connectivity index (χ1v) is 5.88. The lowest BCUT2D eigenvalue weighted by atomic mass is 10.2. The van der Waals surface area contributed by atoms with Crippen LogP contribution in [0.4, 0.5) is 0 Å². The van der Waals surface area contributed by atoms with E-state index in [2.05, 4.69) is 15.2 Å². The molecule has 0 unspecified atom stereocenters. The molecule has 0 radical (unpaired) electrons. The van der Waals surface area contributed by atoms with Gasteiger partial charge in [0.15, 0.2) is 0 Å². The summed E-state index contributed by atoms with van der Waals surface area (Å²) in [6.45, 7) is 3.16. The highest BCUT2D eigenvalue weighted by Gasteiger charge is 2.28. The van der Waals surface area contributed by atoms with Gasteiger partial charge >= 0.3 is 0 Å². The molecule has 1 aliphatic heterocycles. The van der Waals surface area contributed by atoms with Gasteiger partial charge in [-0.05, 0) is 32.0 Å². The van der Waals surface area contributed by atoms with E-state index in [4.69, 9.17) is 0 Å². The van der Waals surface area contributed by atoms with E-state index in [9.17, 15) is 9.90 Å². The van der Waals surface area contributed by atoms with E-state index in [1.807, 2.05) is 20.0 Å². The first kappa shape index (κ1) is 12.1. The number of aliphatic hydroxyl groups is 1. The highest BCUT2D eigenvalue weighted by molar-refractivity contribution is 5.93. The van der Waals surface area contributed by atoms with Gasteiger partial charge in [0.05, 0.1) is 6.10 Å². The zero-order valence-electron chi connectivity index (χ0n) is 10.2. The summed E-state index contributed by atoms with van der Waals surface area (Å²) in [7, 11) is 1.97. The minimum absolute atomic E-state index is 0.0812. The summed E-state index contributed by atoms with van der Waals surface area (Å²) in [6, 6.07) is 2.10. The maximum atomic E-state index is 11.8. The molecular formula is C12H19N3O2. The Morgan fingerprint density at radius 2 is 2.47 bits per heavy atom. The molecule has 5 nitrogen and oxygen atoms in total. The van der Waals surface area contributed by atoms with Crippen LogP contribution in [0, 0.1) is 6.92 Å². The largest absolute Gasteiger partial charge is 0.392 e. The molecule has 2 rings (SSSR count). The number of nitrogens with one attached hydrogen (secondary N) is 2. The van der Waals surface area contributed by atoms with Crippen LogP contribution in [-0.2, 0) is 0 Å². The van der Waals surface area contributed by atoms with Crippen LogP contribution in [0.15, 0.2) is 12.3 Å². The van der Waals surface area contributed by atoms with Gasteiger partial charge in [-0.2, -0.15) is 0 Å².